The van der Waals surface area contributed by atoms with Gasteiger partial charge in [-0.25, -0.2) is 0 Å². The fraction of sp³-hybridized carbons (Fsp3) is 0.682. The minimum Gasteiger partial charge on any atom is -0.456 e. The van der Waals surface area contributed by atoms with E-state index in [0.717, 1.165) is 6.42 Å². The van der Waals surface area contributed by atoms with Gasteiger partial charge in [0, 0.05) is 0 Å². The average molecular weight is 404 g/mol. The molecule has 7 nitrogen and oxygen atoms in total. The van der Waals surface area contributed by atoms with Crippen molar-refractivity contribution in [3.63, 3.8) is 0 Å². The van der Waals surface area contributed by atoms with E-state index in [1.807, 2.05) is 45.9 Å². The molecule has 1 aromatic carbocycles. The molecular weight excluding hydrogens is 376 g/mol. The number of carbonyl (C=O) groups excluding carboxylic acids is 1. The van der Waals surface area contributed by atoms with Crippen LogP contribution in [-0.2, 0) is 33.2 Å². The highest BCUT2D eigenvalue weighted by Gasteiger charge is 2.60. The third-order valence-electron chi connectivity index (χ3n) is 6.00. The van der Waals surface area contributed by atoms with E-state index in [9.17, 15) is 4.79 Å². The Bertz CT molecular complexity index is 777. The quantitative estimate of drug-likeness (QED) is 0.715. The van der Waals surface area contributed by atoms with Gasteiger partial charge in [-0.2, -0.15) is 0 Å². The third kappa shape index (κ3) is 3.70. The van der Waals surface area contributed by atoms with Gasteiger partial charge in [0.2, 0.25) is 0 Å². The van der Waals surface area contributed by atoms with Crippen LogP contribution in [0.25, 0.3) is 0 Å². The molecule has 3 heterocycles. The predicted molar refractivity (Wildman–Crippen MR) is 101 cm³/mol. The molecule has 0 bridgehead atoms. The minimum absolute atomic E-state index is 0.135. The van der Waals surface area contributed by atoms with E-state index in [2.05, 4.69) is 12.1 Å². The van der Waals surface area contributed by atoms with E-state index in [4.69, 9.17) is 28.4 Å². The molecule has 5 rings (SSSR count). The van der Waals surface area contributed by atoms with Gasteiger partial charge in [-0.3, -0.25) is 4.79 Å². The van der Waals surface area contributed by atoms with E-state index in [1.165, 1.54) is 5.56 Å². The summed E-state index contributed by atoms with van der Waals surface area (Å²) >= 11 is 0. The highest BCUT2D eigenvalue weighted by Crippen LogP contribution is 2.49. The number of ether oxygens (including phenoxy) is 6. The summed E-state index contributed by atoms with van der Waals surface area (Å²) in [6.45, 7) is 7.73. The lowest BCUT2D eigenvalue weighted by molar-refractivity contribution is -0.235. The Hall–Kier alpha value is -1.51. The summed E-state index contributed by atoms with van der Waals surface area (Å²) in [7, 11) is 0. The number of carbonyl (C=O) groups is 1. The van der Waals surface area contributed by atoms with Gasteiger partial charge < -0.3 is 28.4 Å². The lowest BCUT2D eigenvalue weighted by atomic mass is 10.1. The molecule has 0 N–H and O–H groups in total. The Kier molecular flexibility index (Phi) is 4.53. The lowest BCUT2D eigenvalue weighted by Crippen LogP contribution is -2.45. The second-order valence-corrected chi connectivity index (χ2v) is 9.20. The van der Waals surface area contributed by atoms with Gasteiger partial charge in [-0.1, -0.05) is 30.3 Å². The smallest absolute Gasteiger partial charge is 0.310 e. The fourth-order valence-corrected chi connectivity index (χ4v) is 4.56. The van der Waals surface area contributed by atoms with Crippen molar-refractivity contribution in [1.82, 2.24) is 0 Å². The van der Waals surface area contributed by atoms with Gasteiger partial charge in [0.25, 0.3) is 0 Å². The molecular formula is C22H28O7. The molecule has 0 unspecified atom stereocenters. The lowest BCUT2D eigenvalue weighted by Gasteiger charge is -2.28. The molecule has 1 saturated carbocycles. The van der Waals surface area contributed by atoms with Crippen LogP contribution >= 0.6 is 0 Å². The normalized spacial score (nSPS) is 41.9. The number of hydrogen-bond acceptors (Lipinski definition) is 7. The minimum atomic E-state index is -0.788. The van der Waals surface area contributed by atoms with E-state index >= 15 is 0 Å². The van der Waals surface area contributed by atoms with Crippen LogP contribution in [0.2, 0.25) is 0 Å². The Morgan fingerprint density at radius 3 is 2.45 bits per heavy atom. The highest BCUT2D eigenvalue weighted by atomic mass is 16.8. The summed E-state index contributed by atoms with van der Waals surface area (Å²) in [5.74, 6) is -1.63. The van der Waals surface area contributed by atoms with Crippen molar-refractivity contribution in [3.8, 4) is 0 Å². The van der Waals surface area contributed by atoms with Crippen molar-refractivity contribution < 1.29 is 33.2 Å². The number of hydrogen-bond donors (Lipinski definition) is 0. The molecule has 4 fully saturated rings. The Balaban J connectivity index is 1.31. The summed E-state index contributed by atoms with van der Waals surface area (Å²) in [6, 6.07) is 10.1. The van der Waals surface area contributed by atoms with Gasteiger partial charge in [0.15, 0.2) is 30.1 Å². The van der Waals surface area contributed by atoms with E-state index < -0.39 is 36.2 Å². The van der Waals surface area contributed by atoms with Crippen molar-refractivity contribution in [2.24, 2.45) is 5.92 Å². The average Bonchev–Trinajstić information content (AvgIpc) is 3.19. The monoisotopic (exact) mass is 404 g/mol. The van der Waals surface area contributed by atoms with Crippen molar-refractivity contribution in [3.05, 3.63) is 35.9 Å². The summed E-state index contributed by atoms with van der Waals surface area (Å²) in [5.41, 5.74) is 1.17. The zero-order chi connectivity index (χ0) is 20.4. The molecule has 3 aliphatic heterocycles. The highest BCUT2D eigenvalue weighted by molar-refractivity contribution is 5.77. The predicted octanol–water partition coefficient (Wildman–Crippen LogP) is 2.73. The molecule has 1 aliphatic carbocycles. The first-order valence-electron chi connectivity index (χ1n) is 10.3. The van der Waals surface area contributed by atoms with Crippen LogP contribution in [0.15, 0.2) is 30.3 Å². The molecule has 4 aliphatic rings. The molecule has 158 valence electrons. The largest absolute Gasteiger partial charge is 0.456 e. The van der Waals surface area contributed by atoms with Crippen molar-refractivity contribution >= 4 is 5.97 Å². The van der Waals surface area contributed by atoms with Gasteiger partial charge in [-0.05, 0) is 45.6 Å². The van der Waals surface area contributed by atoms with Crippen LogP contribution in [0.1, 0.15) is 45.6 Å². The molecule has 3 saturated heterocycles. The molecule has 1 aromatic rings. The molecule has 0 amide bonds. The maximum Gasteiger partial charge on any atom is 0.310 e. The third-order valence-corrected chi connectivity index (χ3v) is 6.00. The molecule has 29 heavy (non-hydrogen) atoms. The molecule has 0 aromatic heterocycles. The molecule has 7 atom stereocenters. The van der Waals surface area contributed by atoms with Gasteiger partial charge >= 0.3 is 5.97 Å². The zero-order valence-corrected chi connectivity index (χ0v) is 17.2. The SMILES string of the molecule is CC1(C)O[C@H]2O[C@H]([C@H]3COC(C)(C)O3)[C@H](OC(=O)[C@@H]3C[C@H]3c3ccccc3)[C@H]2O1. The number of rotatable bonds is 4. The first kappa shape index (κ1) is 19.5. The number of esters is 1. The first-order valence-corrected chi connectivity index (χ1v) is 10.3. The Morgan fingerprint density at radius 2 is 1.76 bits per heavy atom. The van der Waals surface area contributed by atoms with E-state index in [1.54, 1.807) is 0 Å². The van der Waals surface area contributed by atoms with Crippen molar-refractivity contribution in [1.29, 1.82) is 0 Å². The van der Waals surface area contributed by atoms with Crippen LogP contribution in [0.3, 0.4) is 0 Å². The van der Waals surface area contributed by atoms with Crippen LogP contribution in [0, 0.1) is 5.92 Å². The van der Waals surface area contributed by atoms with Crippen LogP contribution in [-0.4, -0.2) is 54.9 Å². The van der Waals surface area contributed by atoms with Gasteiger partial charge in [0.1, 0.15) is 12.2 Å². The van der Waals surface area contributed by atoms with Gasteiger partial charge in [-0.15, -0.1) is 0 Å². The molecule has 7 heteroatoms. The van der Waals surface area contributed by atoms with E-state index in [-0.39, 0.29) is 23.9 Å². The van der Waals surface area contributed by atoms with Crippen LogP contribution in [0.4, 0.5) is 0 Å². The number of benzene rings is 1. The summed E-state index contributed by atoms with van der Waals surface area (Å²) in [6.07, 6.45) is -1.74. The van der Waals surface area contributed by atoms with Crippen LogP contribution < -0.4 is 0 Å². The maximum atomic E-state index is 12.9. The molecule has 0 spiro atoms. The van der Waals surface area contributed by atoms with Gasteiger partial charge in [0.05, 0.1) is 12.5 Å². The summed E-state index contributed by atoms with van der Waals surface area (Å²) < 4.78 is 35.6. The fourth-order valence-electron chi connectivity index (χ4n) is 4.56. The number of fused-ring (bicyclic) bond motifs is 1. The Labute approximate surface area is 170 Å². The van der Waals surface area contributed by atoms with E-state index in [0.29, 0.717) is 6.61 Å². The molecule has 0 radical (unpaired) electrons. The summed E-state index contributed by atoms with van der Waals surface area (Å²) in [4.78, 5) is 12.9. The van der Waals surface area contributed by atoms with Crippen molar-refractivity contribution in [2.45, 2.75) is 82.3 Å². The first-order chi connectivity index (χ1) is 13.7. The topological polar surface area (TPSA) is 72.5 Å². The Morgan fingerprint density at radius 1 is 1.00 bits per heavy atom. The standard InChI is InChI=1S/C22H28O7/c1-21(2)24-11-15(27-21)16-17(18-20(26-16)29-22(3,4)28-18)25-19(23)14-10-13(14)12-8-6-5-7-9-12/h5-9,13-18,20H,10-11H2,1-4H3/t13-,14+,15+,16+,17-,18+,20+/m0/s1. The maximum absolute atomic E-state index is 12.9. The second kappa shape index (κ2) is 6.75. The zero-order valence-electron chi connectivity index (χ0n) is 17.2. The van der Waals surface area contributed by atoms with Crippen LogP contribution in [0.5, 0.6) is 0 Å². The van der Waals surface area contributed by atoms with Crippen molar-refractivity contribution in [2.75, 3.05) is 6.61 Å². The summed E-state index contributed by atoms with van der Waals surface area (Å²) in [5, 5.41) is 0. The second-order valence-electron chi connectivity index (χ2n) is 9.20.